The minimum absolute atomic E-state index is 0.124. The Hall–Kier alpha value is -3.17. The number of para-hydroxylation sites is 2. The molecule has 3 aromatic rings. The number of hydrogen-bond donors (Lipinski definition) is 1. The molecule has 1 heterocycles. The Labute approximate surface area is 204 Å². The fraction of sp³-hybridized carbons (Fsp3) is 0.240. The minimum Gasteiger partial charge on any atom is -0.486 e. The Morgan fingerprint density at radius 2 is 1.71 bits per heavy atom. The van der Waals surface area contributed by atoms with E-state index in [1.807, 2.05) is 43.5 Å². The third-order valence-corrected chi connectivity index (χ3v) is 7.88. The van der Waals surface area contributed by atoms with Gasteiger partial charge in [-0.1, -0.05) is 29.8 Å². The Morgan fingerprint density at radius 1 is 1.03 bits per heavy atom. The van der Waals surface area contributed by atoms with E-state index in [0.29, 0.717) is 23.8 Å². The quantitative estimate of drug-likeness (QED) is 0.475. The molecule has 1 amide bonds. The van der Waals surface area contributed by atoms with E-state index in [0.717, 1.165) is 14.8 Å². The molecule has 0 aliphatic carbocycles. The maximum absolute atomic E-state index is 13.5. The van der Waals surface area contributed by atoms with Crippen molar-refractivity contribution in [3.8, 4) is 11.5 Å². The lowest BCUT2D eigenvalue weighted by Gasteiger charge is -2.27. The highest BCUT2D eigenvalue weighted by Gasteiger charge is 2.28. The van der Waals surface area contributed by atoms with Crippen LogP contribution in [-0.2, 0) is 14.8 Å². The molecule has 0 spiro atoms. The fourth-order valence-corrected chi connectivity index (χ4v) is 5.31. The highest BCUT2D eigenvalue weighted by atomic mass is 32.2. The number of ether oxygens (including phenoxy) is 2. The smallest absolute Gasteiger partial charge is 0.264 e. The van der Waals surface area contributed by atoms with Crippen molar-refractivity contribution in [2.75, 3.05) is 30.3 Å². The summed E-state index contributed by atoms with van der Waals surface area (Å²) in [6.45, 7) is 2.04. The number of rotatable bonds is 8. The van der Waals surface area contributed by atoms with Crippen molar-refractivity contribution in [1.29, 1.82) is 0 Å². The van der Waals surface area contributed by atoms with E-state index in [9.17, 15) is 13.2 Å². The molecule has 34 heavy (non-hydrogen) atoms. The molecule has 1 aliphatic heterocycles. The molecule has 0 saturated carbocycles. The summed E-state index contributed by atoms with van der Waals surface area (Å²) >= 11 is 1.53. The van der Waals surface area contributed by atoms with E-state index in [1.54, 1.807) is 42.5 Å². The molecular weight excluding hydrogens is 472 g/mol. The Morgan fingerprint density at radius 3 is 2.38 bits per heavy atom. The molecule has 3 aromatic carbocycles. The van der Waals surface area contributed by atoms with Crippen LogP contribution in [-0.4, -0.2) is 46.4 Å². The van der Waals surface area contributed by atoms with Crippen molar-refractivity contribution in [2.24, 2.45) is 0 Å². The SMILES string of the molecule is CSc1ccc(S(=O)(=O)N(CC(=O)NCC2COc3ccccc3O2)c2ccc(C)cc2)cc1. The molecule has 1 aliphatic rings. The second kappa shape index (κ2) is 10.4. The van der Waals surface area contributed by atoms with Gasteiger partial charge in [-0.3, -0.25) is 9.10 Å². The van der Waals surface area contributed by atoms with Gasteiger partial charge in [-0.15, -0.1) is 11.8 Å². The van der Waals surface area contributed by atoms with Crippen LogP contribution >= 0.6 is 11.8 Å². The van der Waals surface area contributed by atoms with Gasteiger partial charge in [0, 0.05) is 4.90 Å². The Balaban J connectivity index is 1.49. The van der Waals surface area contributed by atoms with Gasteiger partial charge >= 0.3 is 0 Å². The molecule has 4 rings (SSSR count). The lowest BCUT2D eigenvalue weighted by Crippen LogP contribution is -2.45. The monoisotopic (exact) mass is 498 g/mol. The maximum Gasteiger partial charge on any atom is 0.264 e. The van der Waals surface area contributed by atoms with Crippen LogP contribution in [0.5, 0.6) is 11.5 Å². The number of aryl methyl sites for hydroxylation is 1. The summed E-state index contributed by atoms with van der Waals surface area (Å²) in [5.41, 5.74) is 1.41. The summed E-state index contributed by atoms with van der Waals surface area (Å²) in [4.78, 5) is 13.9. The molecule has 9 heteroatoms. The van der Waals surface area contributed by atoms with E-state index >= 15 is 0 Å². The first kappa shape index (κ1) is 24.0. The van der Waals surface area contributed by atoms with Crippen molar-refractivity contribution in [3.63, 3.8) is 0 Å². The van der Waals surface area contributed by atoms with Crippen LogP contribution in [0.25, 0.3) is 0 Å². The number of thioether (sulfide) groups is 1. The third-order valence-electron chi connectivity index (χ3n) is 5.35. The van der Waals surface area contributed by atoms with Crippen LogP contribution in [0.3, 0.4) is 0 Å². The first-order valence-corrected chi connectivity index (χ1v) is 13.4. The minimum atomic E-state index is -3.96. The van der Waals surface area contributed by atoms with Gasteiger partial charge < -0.3 is 14.8 Å². The van der Waals surface area contributed by atoms with E-state index in [2.05, 4.69) is 5.32 Å². The number of anilines is 1. The average molecular weight is 499 g/mol. The number of nitrogens with zero attached hydrogens (tertiary/aromatic N) is 1. The molecule has 1 N–H and O–H groups in total. The Kier molecular flexibility index (Phi) is 7.33. The van der Waals surface area contributed by atoms with Crippen LogP contribution in [0.4, 0.5) is 5.69 Å². The number of benzene rings is 3. The van der Waals surface area contributed by atoms with Crippen molar-refractivity contribution in [3.05, 3.63) is 78.4 Å². The second-order valence-corrected chi connectivity index (χ2v) is 10.6. The van der Waals surface area contributed by atoms with Gasteiger partial charge in [-0.25, -0.2) is 8.42 Å². The molecule has 0 aromatic heterocycles. The number of fused-ring (bicyclic) bond motifs is 1. The molecule has 7 nitrogen and oxygen atoms in total. The van der Waals surface area contributed by atoms with Crippen LogP contribution < -0.4 is 19.1 Å². The van der Waals surface area contributed by atoms with E-state index in [4.69, 9.17) is 9.47 Å². The predicted octanol–water partition coefficient (Wildman–Crippen LogP) is 3.87. The van der Waals surface area contributed by atoms with Crippen LogP contribution in [0.2, 0.25) is 0 Å². The van der Waals surface area contributed by atoms with Crippen molar-refractivity contribution in [2.45, 2.75) is 22.8 Å². The van der Waals surface area contributed by atoms with E-state index in [1.165, 1.54) is 11.8 Å². The zero-order chi connectivity index (χ0) is 24.1. The molecule has 1 unspecified atom stereocenters. The summed E-state index contributed by atoms with van der Waals surface area (Å²) in [6, 6.07) is 21.0. The zero-order valence-corrected chi connectivity index (χ0v) is 20.6. The third kappa shape index (κ3) is 5.48. The predicted molar refractivity (Wildman–Crippen MR) is 133 cm³/mol. The summed E-state index contributed by atoms with van der Waals surface area (Å²) in [5, 5.41) is 2.78. The van der Waals surface area contributed by atoms with Gasteiger partial charge in [0.15, 0.2) is 11.5 Å². The molecule has 0 fully saturated rings. The lowest BCUT2D eigenvalue weighted by atomic mass is 10.2. The maximum atomic E-state index is 13.5. The first-order chi connectivity index (χ1) is 16.4. The largest absolute Gasteiger partial charge is 0.486 e. The number of carbonyl (C=O) groups excluding carboxylic acids is 1. The Bertz CT molecular complexity index is 1250. The highest BCUT2D eigenvalue weighted by Crippen LogP contribution is 2.30. The molecule has 178 valence electrons. The number of hydrogen-bond acceptors (Lipinski definition) is 6. The topological polar surface area (TPSA) is 84.9 Å². The number of amides is 1. The zero-order valence-electron chi connectivity index (χ0n) is 18.9. The number of sulfonamides is 1. The van der Waals surface area contributed by atoms with Gasteiger partial charge in [-0.05, 0) is 61.7 Å². The molecule has 0 bridgehead atoms. The lowest BCUT2D eigenvalue weighted by molar-refractivity contribution is -0.120. The summed E-state index contributed by atoms with van der Waals surface area (Å²) < 4.78 is 39.7. The normalized spacial score (nSPS) is 14.9. The second-order valence-electron chi connectivity index (χ2n) is 7.82. The van der Waals surface area contributed by atoms with Crippen molar-refractivity contribution >= 4 is 33.4 Å². The summed E-state index contributed by atoms with van der Waals surface area (Å²) in [5.74, 6) is 0.840. The fourth-order valence-electron chi connectivity index (χ4n) is 3.48. The van der Waals surface area contributed by atoms with Gasteiger partial charge in [0.25, 0.3) is 10.0 Å². The molecular formula is C25H26N2O5S2. The van der Waals surface area contributed by atoms with E-state index < -0.39 is 15.9 Å². The van der Waals surface area contributed by atoms with Gasteiger partial charge in [-0.2, -0.15) is 0 Å². The molecule has 0 radical (unpaired) electrons. The first-order valence-electron chi connectivity index (χ1n) is 10.8. The molecule has 0 saturated heterocycles. The van der Waals surface area contributed by atoms with Crippen molar-refractivity contribution < 1.29 is 22.7 Å². The number of carbonyl (C=O) groups is 1. The van der Waals surface area contributed by atoms with Crippen molar-refractivity contribution in [1.82, 2.24) is 5.32 Å². The van der Waals surface area contributed by atoms with Gasteiger partial charge in [0.05, 0.1) is 17.1 Å². The standard InChI is InChI=1S/C25H26N2O5S2/c1-18-7-9-19(10-8-18)27(34(29,30)22-13-11-21(33-2)12-14-22)16-25(28)26-15-20-17-31-23-5-3-4-6-24(23)32-20/h3-14,20H,15-17H2,1-2H3,(H,26,28). The number of nitrogens with one attached hydrogen (secondary N) is 1. The molecule has 1 atom stereocenters. The highest BCUT2D eigenvalue weighted by molar-refractivity contribution is 7.98. The summed E-state index contributed by atoms with van der Waals surface area (Å²) in [6.07, 6.45) is 1.55. The average Bonchev–Trinajstić information content (AvgIpc) is 2.86. The van der Waals surface area contributed by atoms with E-state index in [-0.39, 0.29) is 24.1 Å². The van der Waals surface area contributed by atoms with Crippen LogP contribution in [0, 0.1) is 6.92 Å². The van der Waals surface area contributed by atoms with Gasteiger partial charge in [0.1, 0.15) is 19.3 Å². The van der Waals surface area contributed by atoms with Crippen LogP contribution in [0.1, 0.15) is 5.56 Å². The van der Waals surface area contributed by atoms with Gasteiger partial charge in [0.2, 0.25) is 5.91 Å². The summed E-state index contributed by atoms with van der Waals surface area (Å²) in [7, 11) is -3.96. The van der Waals surface area contributed by atoms with Crippen LogP contribution in [0.15, 0.2) is 82.6 Å².